The summed E-state index contributed by atoms with van der Waals surface area (Å²) in [5.41, 5.74) is 2.07. The van der Waals surface area contributed by atoms with E-state index in [1.807, 2.05) is 30.3 Å². The average molecular weight is 204 g/mol. The number of nitrogens with one attached hydrogen (secondary N) is 1. The molecule has 0 heterocycles. The van der Waals surface area contributed by atoms with Gasteiger partial charge in [0.05, 0.1) is 6.61 Å². The van der Waals surface area contributed by atoms with Gasteiger partial charge in [-0.25, -0.2) is 5.48 Å². The summed E-state index contributed by atoms with van der Waals surface area (Å²) in [6, 6.07) is 9.63. The summed E-state index contributed by atoms with van der Waals surface area (Å²) in [5.74, 6) is 0.871. The third-order valence-electron chi connectivity index (χ3n) is 1.44. The molecule has 2 N–H and O–H groups in total. The van der Waals surface area contributed by atoms with Crippen molar-refractivity contribution < 1.29 is 9.94 Å². The first-order valence-electron chi connectivity index (χ1n) is 3.98. The van der Waals surface area contributed by atoms with Crippen molar-refractivity contribution in [2.75, 3.05) is 13.2 Å². The number of ether oxygens (including phenoxy) is 1. The van der Waals surface area contributed by atoms with Crippen molar-refractivity contribution >= 4 is 12.4 Å². The van der Waals surface area contributed by atoms with E-state index in [-0.39, 0.29) is 12.4 Å². The summed E-state index contributed by atoms with van der Waals surface area (Å²) in [6.07, 6.45) is 0.797. The molecule has 0 aliphatic carbocycles. The fourth-order valence-electron chi connectivity index (χ4n) is 0.858. The molecule has 0 amide bonds. The number of benzene rings is 1. The molecule has 1 aromatic rings. The number of hydroxylamine groups is 1. The zero-order valence-corrected chi connectivity index (χ0v) is 8.09. The van der Waals surface area contributed by atoms with E-state index >= 15 is 0 Å². The van der Waals surface area contributed by atoms with Crippen molar-refractivity contribution in [1.82, 2.24) is 5.48 Å². The number of halogens is 1. The molecule has 0 saturated heterocycles. The lowest BCUT2D eigenvalue weighted by Crippen LogP contribution is -2.12. The highest BCUT2D eigenvalue weighted by Crippen LogP contribution is 2.07. The molecule has 0 bridgehead atoms. The number of hydrogen-bond acceptors (Lipinski definition) is 3. The fraction of sp³-hybridized carbons (Fsp3) is 0.333. The van der Waals surface area contributed by atoms with Gasteiger partial charge in [0, 0.05) is 6.54 Å². The van der Waals surface area contributed by atoms with Crippen LogP contribution in [0.3, 0.4) is 0 Å². The summed E-state index contributed by atoms with van der Waals surface area (Å²) in [7, 11) is 0. The van der Waals surface area contributed by atoms with E-state index in [0.29, 0.717) is 13.2 Å². The molecule has 0 spiro atoms. The van der Waals surface area contributed by atoms with Crippen molar-refractivity contribution in [2.24, 2.45) is 0 Å². The Morgan fingerprint density at radius 1 is 1.23 bits per heavy atom. The molecule has 1 rings (SSSR count). The molecule has 0 fully saturated rings. The Morgan fingerprint density at radius 2 is 1.92 bits per heavy atom. The van der Waals surface area contributed by atoms with E-state index in [0.717, 1.165) is 12.2 Å². The third kappa shape index (κ3) is 5.47. The predicted octanol–water partition coefficient (Wildman–Crippen LogP) is 1.86. The van der Waals surface area contributed by atoms with Crippen molar-refractivity contribution in [3.05, 3.63) is 30.3 Å². The zero-order chi connectivity index (χ0) is 8.65. The van der Waals surface area contributed by atoms with Crippen molar-refractivity contribution in [1.29, 1.82) is 0 Å². The molecule has 0 aliphatic rings. The fourth-order valence-corrected chi connectivity index (χ4v) is 0.858. The Hall–Kier alpha value is -0.770. The lowest BCUT2D eigenvalue weighted by Gasteiger charge is -2.04. The SMILES string of the molecule is Cl.ONCCCOc1ccccc1. The minimum absolute atomic E-state index is 0. The predicted molar refractivity (Wildman–Crippen MR) is 53.6 cm³/mol. The van der Waals surface area contributed by atoms with Gasteiger partial charge in [0.2, 0.25) is 0 Å². The lowest BCUT2D eigenvalue weighted by molar-refractivity contribution is 0.157. The van der Waals surface area contributed by atoms with Gasteiger partial charge in [-0.15, -0.1) is 12.4 Å². The molecule has 4 heteroatoms. The summed E-state index contributed by atoms with van der Waals surface area (Å²) in [4.78, 5) is 0. The molecular weight excluding hydrogens is 190 g/mol. The van der Waals surface area contributed by atoms with Gasteiger partial charge in [0.15, 0.2) is 0 Å². The Morgan fingerprint density at radius 3 is 2.54 bits per heavy atom. The number of hydrogen-bond donors (Lipinski definition) is 2. The lowest BCUT2D eigenvalue weighted by atomic mass is 10.3. The van der Waals surface area contributed by atoms with E-state index in [1.165, 1.54) is 0 Å². The maximum Gasteiger partial charge on any atom is 0.119 e. The normalized spacial score (nSPS) is 9.00. The largest absolute Gasteiger partial charge is 0.494 e. The van der Waals surface area contributed by atoms with Gasteiger partial charge in [-0.1, -0.05) is 18.2 Å². The summed E-state index contributed by atoms with van der Waals surface area (Å²) in [5, 5.41) is 8.26. The maximum atomic E-state index is 8.26. The molecular formula is C9H14ClNO2. The van der Waals surface area contributed by atoms with Gasteiger partial charge >= 0.3 is 0 Å². The van der Waals surface area contributed by atoms with E-state index in [4.69, 9.17) is 9.94 Å². The van der Waals surface area contributed by atoms with E-state index in [9.17, 15) is 0 Å². The number of para-hydroxylation sites is 1. The smallest absolute Gasteiger partial charge is 0.119 e. The third-order valence-corrected chi connectivity index (χ3v) is 1.44. The minimum atomic E-state index is 0. The molecule has 0 atom stereocenters. The molecule has 3 nitrogen and oxygen atoms in total. The van der Waals surface area contributed by atoms with Crippen LogP contribution in [-0.2, 0) is 0 Å². The minimum Gasteiger partial charge on any atom is -0.494 e. The monoisotopic (exact) mass is 203 g/mol. The zero-order valence-electron chi connectivity index (χ0n) is 7.27. The second-order valence-electron chi connectivity index (χ2n) is 2.42. The average Bonchev–Trinajstić information content (AvgIpc) is 2.14. The van der Waals surface area contributed by atoms with Crippen LogP contribution in [0.15, 0.2) is 30.3 Å². The van der Waals surface area contributed by atoms with Crippen LogP contribution in [0.25, 0.3) is 0 Å². The summed E-state index contributed by atoms with van der Waals surface area (Å²) < 4.78 is 5.36. The number of rotatable bonds is 5. The Kier molecular flexibility index (Phi) is 7.39. The highest BCUT2D eigenvalue weighted by atomic mass is 35.5. The van der Waals surface area contributed by atoms with Crippen molar-refractivity contribution in [3.63, 3.8) is 0 Å². The quantitative estimate of drug-likeness (QED) is 0.567. The van der Waals surface area contributed by atoms with Crippen LogP contribution in [0.2, 0.25) is 0 Å². The van der Waals surface area contributed by atoms with Crippen LogP contribution >= 0.6 is 12.4 Å². The molecule has 0 aliphatic heterocycles. The molecule has 0 aromatic heterocycles. The summed E-state index contributed by atoms with van der Waals surface area (Å²) >= 11 is 0. The molecule has 0 saturated carbocycles. The molecule has 0 radical (unpaired) electrons. The maximum absolute atomic E-state index is 8.26. The Bertz CT molecular complexity index is 206. The first-order valence-corrected chi connectivity index (χ1v) is 3.98. The van der Waals surface area contributed by atoms with Gasteiger partial charge in [0.25, 0.3) is 0 Å². The van der Waals surface area contributed by atoms with Crippen LogP contribution in [0.5, 0.6) is 5.75 Å². The van der Waals surface area contributed by atoms with E-state index < -0.39 is 0 Å². The highest BCUT2D eigenvalue weighted by Gasteiger charge is 1.89. The molecule has 0 unspecified atom stereocenters. The topological polar surface area (TPSA) is 41.5 Å². The van der Waals surface area contributed by atoms with E-state index in [1.54, 1.807) is 0 Å². The van der Waals surface area contributed by atoms with Crippen LogP contribution in [0.4, 0.5) is 0 Å². The first-order chi connectivity index (χ1) is 5.93. The Labute approximate surface area is 84.1 Å². The second-order valence-corrected chi connectivity index (χ2v) is 2.42. The first kappa shape index (κ1) is 12.2. The molecule has 13 heavy (non-hydrogen) atoms. The van der Waals surface area contributed by atoms with Crippen LogP contribution < -0.4 is 10.2 Å². The summed E-state index contributed by atoms with van der Waals surface area (Å²) in [6.45, 7) is 1.18. The standard InChI is InChI=1S/C9H13NO2.ClH/c11-10-7-4-8-12-9-5-2-1-3-6-9;/h1-3,5-6,10-11H,4,7-8H2;1H. The van der Waals surface area contributed by atoms with Crippen molar-refractivity contribution in [2.45, 2.75) is 6.42 Å². The van der Waals surface area contributed by atoms with Crippen LogP contribution in [0, 0.1) is 0 Å². The van der Waals surface area contributed by atoms with Crippen molar-refractivity contribution in [3.8, 4) is 5.75 Å². The second kappa shape index (κ2) is 7.86. The van der Waals surface area contributed by atoms with Gasteiger partial charge < -0.3 is 9.94 Å². The van der Waals surface area contributed by atoms with Gasteiger partial charge in [-0.05, 0) is 18.6 Å². The van der Waals surface area contributed by atoms with Gasteiger partial charge in [0.1, 0.15) is 5.75 Å². The van der Waals surface area contributed by atoms with Gasteiger partial charge in [-0.2, -0.15) is 0 Å². The Balaban J connectivity index is 0.00000144. The van der Waals surface area contributed by atoms with Gasteiger partial charge in [-0.3, -0.25) is 0 Å². The van der Waals surface area contributed by atoms with Crippen LogP contribution in [-0.4, -0.2) is 18.4 Å². The molecule has 1 aromatic carbocycles. The van der Waals surface area contributed by atoms with Crippen LogP contribution in [0.1, 0.15) is 6.42 Å². The van der Waals surface area contributed by atoms with E-state index in [2.05, 4.69) is 5.48 Å². The highest BCUT2D eigenvalue weighted by molar-refractivity contribution is 5.85. The molecule has 74 valence electrons.